The number of carboxylic acids is 4. The van der Waals surface area contributed by atoms with Gasteiger partial charge in [0.1, 0.15) is 0 Å². The number of rotatable bonds is 98. The molecule has 0 spiro atoms. The van der Waals surface area contributed by atoms with Crippen molar-refractivity contribution in [2.75, 3.05) is 0 Å². The molecule has 0 fully saturated rings. The summed E-state index contributed by atoms with van der Waals surface area (Å²) >= 11 is -2.25. The first kappa shape index (κ1) is 137. The fourth-order valence-corrected chi connectivity index (χ4v) is 17.5. The second-order valence-corrected chi connectivity index (χ2v) is 39.9. The summed E-state index contributed by atoms with van der Waals surface area (Å²) in [6.45, 7) is 13.3. The normalized spacial score (nSPS) is 12.4. The number of hydrogen-bond acceptors (Lipinski definition) is 17. The molecule has 0 saturated carbocycles. The molecule has 764 valence electrons. The summed E-state index contributed by atoms with van der Waals surface area (Å²) in [6, 6.07) is 0. The molecular formula is C109H214Al2O18. The molecule has 18 nitrogen and oxygen atoms in total. The van der Waals surface area contributed by atoms with Gasteiger partial charge in [-0.15, -0.1) is 0 Å². The van der Waals surface area contributed by atoms with Gasteiger partial charge in [0.25, 0.3) is 11.9 Å². The van der Waals surface area contributed by atoms with Gasteiger partial charge < -0.3 is 73.0 Å². The molecule has 6 unspecified atom stereocenters. The van der Waals surface area contributed by atoms with Crippen molar-refractivity contribution in [1.29, 1.82) is 0 Å². The van der Waals surface area contributed by atoms with Crippen molar-refractivity contribution < 1.29 is 87.4 Å². The Hall–Kier alpha value is -2.36. The maximum absolute atomic E-state index is 12.1. The molecule has 0 radical (unpaired) electrons. The molecule has 7 N–H and O–H groups in total. The van der Waals surface area contributed by atoms with Crippen molar-refractivity contribution in [3.8, 4) is 0 Å². The molecule has 0 saturated heterocycles. The largest absolute Gasteiger partial charge is 3.00 e. The number of carboxylic acid groups (broad SMARTS) is 4. The Morgan fingerprint density at radius 2 is 0.318 bits per heavy atom. The van der Waals surface area contributed by atoms with Gasteiger partial charge in [0.05, 0.1) is 36.6 Å². The zero-order valence-corrected chi connectivity index (χ0v) is 88.2. The van der Waals surface area contributed by atoms with Crippen LogP contribution in [0.3, 0.4) is 0 Å². The van der Waals surface area contributed by atoms with Crippen molar-refractivity contribution in [2.24, 2.45) is 0 Å². The smallest absolute Gasteiger partial charge is 0.585 e. The van der Waals surface area contributed by atoms with Crippen LogP contribution in [0.25, 0.3) is 0 Å². The average molecular weight is 1870 g/mol. The van der Waals surface area contributed by atoms with E-state index in [0.717, 1.165) is 244 Å². The van der Waals surface area contributed by atoms with E-state index in [4.69, 9.17) is 12.7 Å². The van der Waals surface area contributed by atoms with Crippen LogP contribution in [0.5, 0.6) is 0 Å². The van der Waals surface area contributed by atoms with Crippen LogP contribution in [0.1, 0.15) is 619 Å². The Morgan fingerprint density at radius 3 is 0.450 bits per heavy atom. The van der Waals surface area contributed by atoms with Gasteiger partial charge in [-0.05, 0) is 141 Å². The van der Waals surface area contributed by atoms with E-state index in [1.807, 2.05) is 0 Å². The van der Waals surface area contributed by atoms with Crippen molar-refractivity contribution in [1.82, 2.24) is 0 Å². The third-order valence-corrected chi connectivity index (χ3v) is 26.1. The summed E-state index contributed by atoms with van der Waals surface area (Å²) in [5.41, 5.74) is 0. The first-order chi connectivity index (χ1) is 62.0. The number of aliphatic hydroxyl groups is 6. The topological polar surface area (TPSA) is 332 Å². The predicted octanol–water partition coefficient (Wildman–Crippen LogP) is 27.5. The van der Waals surface area contributed by atoms with Crippen LogP contribution in [0.2, 0.25) is 5.79 Å². The molecular weight excluding hydrogens is 1650 g/mol. The first-order valence-electron chi connectivity index (χ1n) is 55.3. The second kappa shape index (κ2) is 118. The monoisotopic (exact) mass is 1870 g/mol. The van der Waals surface area contributed by atoms with Gasteiger partial charge in [0, 0.05) is 37.2 Å². The van der Waals surface area contributed by atoms with Gasteiger partial charge in [-0.25, -0.2) is 0 Å². The maximum atomic E-state index is 12.1. The third-order valence-electron chi connectivity index (χ3n) is 25.0. The molecule has 0 aliphatic heterocycles. The van der Waals surface area contributed by atoms with Crippen molar-refractivity contribution in [3.63, 3.8) is 0 Å². The number of unbranched alkanes of at least 4 members (excludes halogenated alkanes) is 60. The summed E-state index contributed by atoms with van der Waals surface area (Å²) in [5.74, 6) is -2.16. The minimum absolute atomic E-state index is 0. The fourth-order valence-electron chi connectivity index (χ4n) is 16.5. The molecule has 0 aromatic carbocycles. The van der Waals surface area contributed by atoms with E-state index in [2.05, 4.69) is 41.5 Å². The molecule has 0 bridgehead atoms. The van der Waals surface area contributed by atoms with E-state index in [9.17, 15) is 74.7 Å². The standard InChI is InChI=1S/6C18H36O3.CH3.2Al/c6*1-2-3-4-11-14-17(19)15-12-9-7-5-6-8-10-13-16-18(20)21;;;/h6*17,19H,2-16H2,1H3,(H,20,21);1H3;;/q;;;;;;;+2;+3/p-5. The summed E-state index contributed by atoms with van der Waals surface area (Å²) in [7, 11) is 0. The fraction of sp³-hybridized carbons (Fsp3) is 0.945. The average Bonchev–Trinajstić information content (AvgIpc) is 0.965. The second-order valence-electron chi connectivity index (χ2n) is 38.3. The van der Waals surface area contributed by atoms with Gasteiger partial charge in [-0.1, -0.05) is 465 Å². The molecule has 0 amide bonds. The number of aliphatic hydroxyl groups excluding tert-OH is 6. The van der Waals surface area contributed by atoms with Crippen LogP contribution in [0.4, 0.5) is 0 Å². The molecule has 20 heteroatoms. The Kier molecular flexibility index (Phi) is 126. The predicted molar refractivity (Wildman–Crippen MR) is 538 cm³/mol. The van der Waals surface area contributed by atoms with Crippen LogP contribution in [0.15, 0.2) is 0 Å². The van der Waals surface area contributed by atoms with Crippen LogP contribution in [-0.2, 0) is 36.3 Å². The van der Waals surface area contributed by atoms with Gasteiger partial charge >= 0.3 is 38.1 Å². The van der Waals surface area contributed by atoms with Crippen LogP contribution in [0, 0.1) is 0 Å². The van der Waals surface area contributed by atoms with Crippen LogP contribution in [-0.4, -0.2) is 140 Å². The van der Waals surface area contributed by atoms with Gasteiger partial charge in [-0.3, -0.25) is 14.4 Å². The van der Waals surface area contributed by atoms with Gasteiger partial charge in [0.15, 0.2) is 0 Å². The molecule has 0 aromatic heterocycles. The molecule has 6 atom stereocenters. The Balaban J connectivity index is -0.000000383. The van der Waals surface area contributed by atoms with Crippen LogP contribution < -0.4 is 15.3 Å². The van der Waals surface area contributed by atoms with E-state index < -0.39 is 38.7 Å². The maximum Gasteiger partial charge on any atom is 3.00 e. The van der Waals surface area contributed by atoms with E-state index in [0.29, 0.717) is 19.3 Å². The first-order valence-corrected chi connectivity index (χ1v) is 57.4. The zero-order chi connectivity index (χ0) is 95.6. The van der Waals surface area contributed by atoms with Gasteiger partial charge in [-0.2, -0.15) is 0 Å². The van der Waals surface area contributed by atoms with Crippen molar-refractivity contribution in [2.45, 2.75) is 662 Å². The van der Waals surface area contributed by atoms with Crippen LogP contribution >= 0.6 is 0 Å². The van der Waals surface area contributed by atoms with E-state index in [1.165, 1.54) is 295 Å². The molecule has 0 heterocycles. The Labute approximate surface area is 812 Å². The minimum Gasteiger partial charge on any atom is -0.585 e. The van der Waals surface area contributed by atoms with Crippen molar-refractivity contribution in [3.05, 3.63) is 0 Å². The SMILES string of the molecule is CCCCCCC(O)CCCCCCCCCCC(=O)O.CCCCCCC(O)CCCCCCCCCCC(=O)[O-].CCCCCCC(O)CCCCCCCCCCC(=O)[O-].CCCCCCC(O)CCCCCCCCCCC(=O)[O-].CCCCCCC(O)CCCCCCCCCCC(=O)[O][Al]([CH3])[O]C(=O)CCCCCCCCCCC(O)CCCCCC.[Al+3]. The summed E-state index contributed by atoms with van der Waals surface area (Å²) in [5, 5.41) is 98.7. The van der Waals surface area contributed by atoms with Gasteiger partial charge in [0.2, 0.25) is 0 Å². The van der Waals surface area contributed by atoms with E-state index in [1.54, 1.807) is 5.79 Å². The quantitative estimate of drug-likeness (QED) is 0.0220. The minimum atomic E-state index is -2.25. The van der Waals surface area contributed by atoms with E-state index in [-0.39, 0.29) is 85.2 Å². The Bertz CT molecular complexity index is 1970. The molecule has 129 heavy (non-hydrogen) atoms. The summed E-state index contributed by atoms with van der Waals surface area (Å²) in [6.07, 6.45) is 96.2. The molecule has 0 rings (SSSR count). The summed E-state index contributed by atoms with van der Waals surface area (Å²) < 4.78 is 10.8. The van der Waals surface area contributed by atoms with E-state index >= 15 is 0 Å². The Morgan fingerprint density at radius 1 is 0.202 bits per heavy atom. The molecule has 0 aliphatic carbocycles. The number of carbonyl (C=O) groups excluding carboxylic acids is 5. The molecule has 0 aromatic rings. The zero-order valence-electron chi connectivity index (χ0n) is 85.9. The molecule has 0 aliphatic rings. The number of hydrogen-bond donors (Lipinski definition) is 7. The number of carbonyl (C=O) groups is 6. The summed E-state index contributed by atoms with van der Waals surface area (Å²) in [4.78, 5) is 65.2. The third kappa shape index (κ3) is 134. The number of aliphatic carboxylic acids is 4. The van der Waals surface area contributed by atoms with Crippen molar-refractivity contribution >= 4 is 68.0 Å².